The van der Waals surface area contributed by atoms with Gasteiger partial charge in [-0.2, -0.15) is 0 Å². The van der Waals surface area contributed by atoms with Gasteiger partial charge in [-0.25, -0.2) is 4.39 Å². The van der Waals surface area contributed by atoms with Gasteiger partial charge in [-0.15, -0.1) is 0 Å². The molecule has 3 amide bonds. The van der Waals surface area contributed by atoms with Crippen molar-refractivity contribution in [2.24, 2.45) is 5.73 Å². The Kier molecular flexibility index (Phi) is 5.98. The normalized spacial score (nSPS) is 22.5. The van der Waals surface area contributed by atoms with Gasteiger partial charge in [0.15, 0.2) is 6.61 Å². The van der Waals surface area contributed by atoms with Crippen LogP contribution < -0.4 is 21.1 Å². The number of primary amides is 1. The Balaban J connectivity index is 1.43. The van der Waals surface area contributed by atoms with Gasteiger partial charge < -0.3 is 26.2 Å². The second kappa shape index (κ2) is 8.60. The van der Waals surface area contributed by atoms with E-state index >= 15 is 0 Å². The Bertz CT molecular complexity index is 1120. The molecular formula is C22H22ClFN4O5. The maximum Gasteiger partial charge on any atom is 0.270 e. The van der Waals surface area contributed by atoms with Crippen molar-refractivity contribution in [1.82, 2.24) is 15.6 Å². The zero-order valence-electron chi connectivity index (χ0n) is 17.5. The number of nitrogens with zero attached hydrogens (tertiary/aromatic N) is 1. The van der Waals surface area contributed by atoms with Crippen molar-refractivity contribution in [1.29, 1.82) is 0 Å². The summed E-state index contributed by atoms with van der Waals surface area (Å²) in [6.45, 7) is -0.489. The van der Waals surface area contributed by atoms with Crippen molar-refractivity contribution in [3.8, 4) is 5.75 Å². The van der Waals surface area contributed by atoms with Gasteiger partial charge in [0.05, 0.1) is 11.6 Å². The van der Waals surface area contributed by atoms with E-state index in [0.29, 0.717) is 24.8 Å². The summed E-state index contributed by atoms with van der Waals surface area (Å²) in [5, 5.41) is 14.4. The minimum absolute atomic E-state index is 0.0406. The minimum atomic E-state index is -0.671. The zero-order valence-corrected chi connectivity index (χ0v) is 18.2. The van der Waals surface area contributed by atoms with Gasteiger partial charge in [0.25, 0.3) is 11.8 Å². The summed E-state index contributed by atoms with van der Waals surface area (Å²) in [6, 6.07) is 5.38. The van der Waals surface area contributed by atoms with E-state index in [-0.39, 0.29) is 47.7 Å². The molecular weight excluding hydrogens is 455 g/mol. The van der Waals surface area contributed by atoms with E-state index in [0.717, 1.165) is 6.07 Å². The predicted octanol–water partition coefficient (Wildman–Crippen LogP) is 1.06. The van der Waals surface area contributed by atoms with Crippen LogP contribution in [0, 0.1) is 5.82 Å². The fraction of sp³-hybridized carbons (Fsp3) is 0.364. The molecule has 0 atom stereocenters. The summed E-state index contributed by atoms with van der Waals surface area (Å²) in [5.74, 6) is -2.01. The maximum atomic E-state index is 13.5. The summed E-state index contributed by atoms with van der Waals surface area (Å²) >= 11 is 5.63. The molecule has 5 rings (SSSR count). The Hall–Kier alpha value is -3.24. The molecule has 9 nitrogen and oxygen atoms in total. The van der Waals surface area contributed by atoms with Crippen molar-refractivity contribution in [3.63, 3.8) is 0 Å². The number of nitrogens with one attached hydrogen (secondary N) is 2. The topological polar surface area (TPSA) is 144 Å². The molecule has 3 aliphatic rings. The number of aromatic nitrogens is 1. The second-order valence-electron chi connectivity index (χ2n) is 8.43. The largest absolute Gasteiger partial charge is 0.484 e. The van der Waals surface area contributed by atoms with Crippen LogP contribution in [-0.4, -0.2) is 53.1 Å². The lowest BCUT2D eigenvalue weighted by Gasteiger charge is -2.71. The fourth-order valence-electron chi connectivity index (χ4n) is 4.86. The highest BCUT2D eigenvalue weighted by atomic mass is 35.5. The van der Waals surface area contributed by atoms with Crippen LogP contribution in [0.3, 0.4) is 0 Å². The van der Waals surface area contributed by atoms with E-state index in [1.165, 1.54) is 24.4 Å². The first kappa shape index (κ1) is 22.9. The third kappa shape index (κ3) is 4.23. The highest BCUT2D eigenvalue weighted by molar-refractivity contribution is 6.30. The average Bonchev–Trinajstić information content (AvgIpc) is 2.73. The number of halogens is 2. The van der Waals surface area contributed by atoms with Crippen LogP contribution in [0.1, 0.15) is 45.7 Å². The first-order valence-corrected chi connectivity index (χ1v) is 10.6. The zero-order chi connectivity index (χ0) is 23.8. The summed E-state index contributed by atoms with van der Waals surface area (Å²) in [6.07, 6.45) is 2.87. The summed E-state index contributed by atoms with van der Waals surface area (Å²) in [7, 11) is 0. The number of carbonyl (C=O) groups excluding carboxylic acids is 3. The number of rotatable bonds is 9. The molecule has 1 heterocycles. The van der Waals surface area contributed by atoms with Crippen molar-refractivity contribution >= 4 is 29.3 Å². The number of amides is 3. The van der Waals surface area contributed by atoms with Gasteiger partial charge in [-0.1, -0.05) is 11.6 Å². The predicted molar refractivity (Wildman–Crippen MR) is 115 cm³/mol. The van der Waals surface area contributed by atoms with Crippen molar-refractivity contribution in [3.05, 3.63) is 58.1 Å². The lowest BCUT2D eigenvalue weighted by molar-refractivity contribution is -0.140. The van der Waals surface area contributed by atoms with Gasteiger partial charge >= 0.3 is 0 Å². The number of pyridine rings is 1. The van der Waals surface area contributed by atoms with E-state index in [9.17, 15) is 18.8 Å². The molecule has 0 spiro atoms. The Morgan fingerprint density at radius 3 is 2.61 bits per heavy atom. The smallest absolute Gasteiger partial charge is 0.270 e. The fourth-order valence-corrected chi connectivity index (χ4v) is 4.98. The molecule has 3 aliphatic carbocycles. The molecule has 2 aromatic rings. The maximum absolute atomic E-state index is 13.5. The van der Waals surface area contributed by atoms with E-state index in [2.05, 4.69) is 15.6 Å². The molecule has 2 bridgehead atoms. The van der Waals surface area contributed by atoms with Crippen LogP contribution in [0.4, 0.5) is 4.39 Å². The van der Waals surface area contributed by atoms with Crippen molar-refractivity contribution in [2.75, 3.05) is 19.8 Å². The molecule has 174 valence electrons. The molecule has 3 saturated carbocycles. The quantitative estimate of drug-likeness (QED) is 0.426. The Morgan fingerprint density at radius 2 is 1.97 bits per heavy atom. The molecule has 11 heteroatoms. The lowest BCUT2D eigenvalue weighted by atomic mass is 9.37. The van der Waals surface area contributed by atoms with Crippen LogP contribution in [0.5, 0.6) is 5.75 Å². The van der Waals surface area contributed by atoms with Crippen LogP contribution in [0.15, 0.2) is 30.5 Å². The number of hydrogen-bond acceptors (Lipinski definition) is 6. The number of carbonyl (C=O) groups is 3. The Labute approximate surface area is 193 Å². The summed E-state index contributed by atoms with van der Waals surface area (Å²) in [4.78, 5) is 41.1. The molecule has 1 aromatic carbocycles. The van der Waals surface area contributed by atoms with Crippen molar-refractivity contribution in [2.45, 2.75) is 30.2 Å². The summed E-state index contributed by atoms with van der Waals surface area (Å²) < 4.78 is 18.8. The molecule has 0 unspecified atom stereocenters. The van der Waals surface area contributed by atoms with Crippen LogP contribution in [0.2, 0.25) is 5.02 Å². The van der Waals surface area contributed by atoms with Crippen LogP contribution in [-0.2, 0) is 10.2 Å². The van der Waals surface area contributed by atoms with Gasteiger partial charge in [-0.3, -0.25) is 19.4 Å². The molecule has 0 aliphatic heterocycles. The molecule has 3 fully saturated rings. The third-order valence-electron chi connectivity index (χ3n) is 6.06. The SMILES string of the molecule is NC(=O)c1ccnc(C(=O)NCCO)c1C12CC(NC(=O)COc3ccc(Cl)c(F)c3)(C1)C2. The minimum Gasteiger partial charge on any atom is -0.484 e. The Morgan fingerprint density at radius 1 is 1.24 bits per heavy atom. The highest BCUT2D eigenvalue weighted by Crippen LogP contribution is 2.68. The van der Waals surface area contributed by atoms with Gasteiger partial charge in [0, 0.05) is 40.9 Å². The monoisotopic (exact) mass is 476 g/mol. The van der Waals surface area contributed by atoms with E-state index < -0.39 is 28.6 Å². The molecule has 33 heavy (non-hydrogen) atoms. The molecule has 1 aromatic heterocycles. The van der Waals surface area contributed by atoms with E-state index in [1.807, 2.05) is 0 Å². The highest BCUT2D eigenvalue weighted by Gasteiger charge is 2.70. The average molecular weight is 477 g/mol. The second-order valence-corrected chi connectivity index (χ2v) is 8.84. The first-order valence-electron chi connectivity index (χ1n) is 10.3. The molecule has 5 N–H and O–H groups in total. The number of ether oxygens (including phenoxy) is 1. The molecule has 0 radical (unpaired) electrons. The van der Waals surface area contributed by atoms with Crippen LogP contribution >= 0.6 is 11.6 Å². The number of aliphatic hydroxyl groups excluding tert-OH is 1. The number of aliphatic hydroxyl groups is 1. The van der Waals surface area contributed by atoms with E-state index in [4.69, 9.17) is 27.2 Å². The first-order chi connectivity index (χ1) is 15.7. The number of benzene rings is 1. The third-order valence-corrected chi connectivity index (χ3v) is 6.36. The lowest BCUT2D eigenvalue weighted by Crippen LogP contribution is -2.77. The number of hydrogen-bond donors (Lipinski definition) is 4. The standard InChI is InChI=1S/C22H22ClFN4O5/c23-14-2-1-12(7-15(14)24)33-8-16(30)28-22-9-21(10-22,11-22)17-13(19(25)31)3-4-26-18(17)20(32)27-5-6-29/h1-4,7,29H,5-6,8-11H2,(H2,25,31)(H,27,32)(H,28,30). The number of nitrogens with two attached hydrogens (primary N) is 1. The van der Waals surface area contributed by atoms with Gasteiger partial charge in [-0.05, 0) is 37.5 Å². The molecule has 0 saturated heterocycles. The summed E-state index contributed by atoms with van der Waals surface area (Å²) in [5.41, 5.74) is 5.34. The van der Waals surface area contributed by atoms with Gasteiger partial charge in [0.2, 0.25) is 5.91 Å². The van der Waals surface area contributed by atoms with Gasteiger partial charge in [0.1, 0.15) is 17.3 Å². The van der Waals surface area contributed by atoms with Crippen LogP contribution in [0.25, 0.3) is 0 Å². The van der Waals surface area contributed by atoms with E-state index in [1.54, 1.807) is 0 Å². The van der Waals surface area contributed by atoms with Crippen molar-refractivity contribution < 1.29 is 28.6 Å².